The average molecular weight is 343 g/mol. The highest BCUT2D eigenvalue weighted by molar-refractivity contribution is 5.94. The number of furan rings is 1. The number of esters is 2. The number of rotatable bonds is 6. The molecule has 8 heteroatoms. The van der Waals surface area contributed by atoms with E-state index in [1.807, 2.05) is 6.92 Å². The lowest BCUT2D eigenvalue weighted by Crippen LogP contribution is -2.09. The maximum Gasteiger partial charge on any atom is 0.341 e. The SMILES string of the molecule is CCOC(=O)c1ccoc1COC(=O)c1ccc2c(c1)nnn2CC. The maximum atomic E-state index is 12.2. The second-order valence-corrected chi connectivity index (χ2v) is 5.16. The van der Waals surface area contributed by atoms with Crippen LogP contribution in [0.4, 0.5) is 0 Å². The predicted molar refractivity (Wildman–Crippen MR) is 87.0 cm³/mol. The Balaban J connectivity index is 1.71. The monoisotopic (exact) mass is 343 g/mol. The van der Waals surface area contributed by atoms with Crippen LogP contribution in [0.15, 0.2) is 34.9 Å². The first-order chi connectivity index (χ1) is 12.1. The first kappa shape index (κ1) is 16.7. The van der Waals surface area contributed by atoms with Gasteiger partial charge in [0.1, 0.15) is 11.1 Å². The van der Waals surface area contributed by atoms with Gasteiger partial charge in [0.2, 0.25) is 0 Å². The van der Waals surface area contributed by atoms with Gasteiger partial charge < -0.3 is 13.9 Å². The fourth-order valence-corrected chi connectivity index (χ4v) is 2.39. The molecule has 130 valence electrons. The number of aromatic nitrogens is 3. The molecule has 3 aromatic rings. The number of nitrogens with zero attached hydrogens (tertiary/aromatic N) is 3. The van der Waals surface area contributed by atoms with Crippen molar-refractivity contribution in [1.29, 1.82) is 0 Å². The van der Waals surface area contributed by atoms with E-state index in [-0.39, 0.29) is 24.5 Å². The molecule has 1 aromatic carbocycles. The molecule has 0 amide bonds. The molecule has 0 aliphatic rings. The smallest absolute Gasteiger partial charge is 0.341 e. The third-order valence-electron chi connectivity index (χ3n) is 3.62. The minimum atomic E-state index is -0.542. The zero-order chi connectivity index (χ0) is 17.8. The number of aryl methyl sites for hydroxylation is 1. The molecule has 0 spiro atoms. The normalized spacial score (nSPS) is 10.8. The molecule has 0 unspecified atom stereocenters. The fraction of sp³-hybridized carbons (Fsp3) is 0.294. The summed E-state index contributed by atoms with van der Waals surface area (Å²) < 4.78 is 17.1. The van der Waals surface area contributed by atoms with Crippen molar-refractivity contribution in [3.63, 3.8) is 0 Å². The van der Waals surface area contributed by atoms with Crippen molar-refractivity contribution in [2.75, 3.05) is 6.61 Å². The van der Waals surface area contributed by atoms with E-state index >= 15 is 0 Å². The Labute approximate surface area is 143 Å². The molecule has 2 aromatic heterocycles. The van der Waals surface area contributed by atoms with Crippen LogP contribution in [0.5, 0.6) is 0 Å². The van der Waals surface area contributed by atoms with E-state index in [1.165, 1.54) is 12.3 Å². The van der Waals surface area contributed by atoms with E-state index in [0.29, 0.717) is 17.6 Å². The minimum absolute atomic E-state index is 0.167. The summed E-state index contributed by atoms with van der Waals surface area (Å²) in [4.78, 5) is 24.0. The maximum absolute atomic E-state index is 12.2. The Morgan fingerprint density at radius 3 is 2.76 bits per heavy atom. The molecule has 0 fully saturated rings. The second kappa shape index (κ2) is 7.16. The Kier molecular flexibility index (Phi) is 4.78. The average Bonchev–Trinajstić information content (AvgIpc) is 3.25. The van der Waals surface area contributed by atoms with Gasteiger partial charge in [0.05, 0.1) is 24.0 Å². The summed E-state index contributed by atoms with van der Waals surface area (Å²) in [5.41, 5.74) is 2.05. The highest BCUT2D eigenvalue weighted by atomic mass is 16.5. The van der Waals surface area contributed by atoms with Crippen molar-refractivity contribution >= 4 is 23.0 Å². The van der Waals surface area contributed by atoms with Crippen molar-refractivity contribution in [1.82, 2.24) is 15.0 Å². The lowest BCUT2D eigenvalue weighted by molar-refractivity contribution is 0.0423. The van der Waals surface area contributed by atoms with Crippen molar-refractivity contribution in [3.8, 4) is 0 Å². The van der Waals surface area contributed by atoms with Crippen LogP contribution in [0.2, 0.25) is 0 Å². The molecule has 0 aliphatic heterocycles. The van der Waals surface area contributed by atoms with Crippen LogP contribution in [-0.4, -0.2) is 33.5 Å². The molecular weight excluding hydrogens is 326 g/mol. The van der Waals surface area contributed by atoms with Crippen molar-refractivity contribution in [2.24, 2.45) is 0 Å². The zero-order valence-corrected chi connectivity index (χ0v) is 13.9. The van der Waals surface area contributed by atoms with Gasteiger partial charge in [-0.15, -0.1) is 5.10 Å². The van der Waals surface area contributed by atoms with Gasteiger partial charge in [0.25, 0.3) is 0 Å². The van der Waals surface area contributed by atoms with Gasteiger partial charge in [-0.2, -0.15) is 0 Å². The molecule has 3 rings (SSSR count). The first-order valence-electron chi connectivity index (χ1n) is 7.87. The van der Waals surface area contributed by atoms with Gasteiger partial charge in [0, 0.05) is 6.54 Å². The molecule has 0 aliphatic carbocycles. The summed E-state index contributed by atoms with van der Waals surface area (Å²) in [7, 11) is 0. The Bertz CT molecular complexity index is 912. The minimum Gasteiger partial charge on any atom is -0.465 e. The van der Waals surface area contributed by atoms with Crippen LogP contribution in [0.3, 0.4) is 0 Å². The quantitative estimate of drug-likeness (QED) is 0.635. The van der Waals surface area contributed by atoms with Gasteiger partial charge in [-0.3, -0.25) is 0 Å². The molecule has 0 bridgehead atoms. The third kappa shape index (κ3) is 3.37. The molecular formula is C17H17N3O5. The third-order valence-corrected chi connectivity index (χ3v) is 3.62. The highest BCUT2D eigenvalue weighted by Gasteiger charge is 2.18. The number of benzene rings is 1. The number of fused-ring (bicyclic) bond motifs is 1. The highest BCUT2D eigenvalue weighted by Crippen LogP contribution is 2.17. The molecule has 0 saturated carbocycles. The summed E-state index contributed by atoms with van der Waals surface area (Å²) in [6.45, 7) is 4.44. The van der Waals surface area contributed by atoms with Crippen LogP contribution in [0.25, 0.3) is 11.0 Å². The molecule has 0 saturated heterocycles. The number of hydrogen-bond donors (Lipinski definition) is 0. The number of hydrogen-bond acceptors (Lipinski definition) is 7. The second-order valence-electron chi connectivity index (χ2n) is 5.16. The molecule has 0 atom stereocenters. The van der Waals surface area contributed by atoms with E-state index in [0.717, 1.165) is 5.52 Å². The topological polar surface area (TPSA) is 96.5 Å². The van der Waals surface area contributed by atoms with Crippen LogP contribution < -0.4 is 0 Å². The summed E-state index contributed by atoms with van der Waals surface area (Å²) in [5, 5.41) is 8.02. The lowest BCUT2D eigenvalue weighted by Gasteiger charge is -2.05. The largest absolute Gasteiger partial charge is 0.465 e. The molecule has 8 nitrogen and oxygen atoms in total. The Hall–Kier alpha value is -3.16. The van der Waals surface area contributed by atoms with Crippen LogP contribution in [-0.2, 0) is 22.6 Å². The van der Waals surface area contributed by atoms with Gasteiger partial charge in [-0.05, 0) is 38.1 Å². The fourth-order valence-electron chi connectivity index (χ4n) is 2.39. The van der Waals surface area contributed by atoms with Gasteiger partial charge >= 0.3 is 11.9 Å². The first-order valence-corrected chi connectivity index (χ1v) is 7.87. The summed E-state index contributed by atoms with van der Waals surface area (Å²) in [5.74, 6) is -0.816. The van der Waals surface area contributed by atoms with Crippen molar-refractivity contribution in [2.45, 2.75) is 27.0 Å². The molecule has 0 radical (unpaired) electrons. The van der Waals surface area contributed by atoms with Crippen molar-refractivity contribution < 1.29 is 23.5 Å². The van der Waals surface area contributed by atoms with Gasteiger partial charge in [-0.1, -0.05) is 5.21 Å². The van der Waals surface area contributed by atoms with E-state index in [9.17, 15) is 9.59 Å². The zero-order valence-electron chi connectivity index (χ0n) is 13.9. The van der Waals surface area contributed by atoms with Gasteiger partial charge in [0.15, 0.2) is 12.4 Å². The Morgan fingerprint density at radius 2 is 2.00 bits per heavy atom. The van der Waals surface area contributed by atoms with Crippen LogP contribution in [0, 0.1) is 0 Å². The Morgan fingerprint density at radius 1 is 1.16 bits per heavy atom. The molecule has 0 N–H and O–H groups in total. The number of carbonyl (C=O) groups is 2. The summed E-state index contributed by atoms with van der Waals surface area (Å²) in [6.07, 6.45) is 1.35. The lowest BCUT2D eigenvalue weighted by atomic mass is 10.2. The van der Waals surface area contributed by atoms with Crippen molar-refractivity contribution in [3.05, 3.63) is 47.4 Å². The van der Waals surface area contributed by atoms with E-state index in [2.05, 4.69) is 10.3 Å². The predicted octanol–water partition coefficient (Wildman–Crippen LogP) is 2.58. The molecule has 2 heterocycles. The van der Waals surface area contributed by atoms with Crippen LogP contribution >= 0.6 is 0 Å². The standard InChI is InChI=1S/C17H17N3O5/c1-3-20-14-6-5-11(9-13(14)18-19-20)16(21)25-10-15-12(7-8-24-15)17(22)23-4-2/h5-9H,3-4,10H2,1-2H3. The number of carbonyl (C=O) groups excluding carboxylic acids is 2. The summed E-state index contributed by atoms with van der Waals surface area (Å²) >= 11 is 0. The summed E-state index contributed by atoms with van der Waals surface area (Å²) in [6, 6.07) is 6.52. The van der Waals surface area contributed by atoms with E-state index < -0.39 is 11.9 Å². The van der Waals surface area contributed by atoms with E-state index in [4.69, 9.17) is 13.9 Å². The van der Waals surface area contributed by atoms with Crippen LogP contribution in [0.1, 0.15) is 40.3 Å². The number of ether oxygens (including phenoxy) is 2. The van der Waals surface area contributed by atoms with E-state index in [1.54, 1.807) is 29.8 Å². The van der Waals surface area contributed by atoms with Gasteiger partial charge in [-0.25, -0.2) is 14.3 Å². The molecule has 25 heavy (non-hydrogen) atoms.